The second-order valence-corrected chi connectivity index (χ2v) is 7.30. The third-order valence-corrected chi connectivity index (χ3v) is 5.61. The van der Waals surface area contributed by atoms with Crippen LogP contribution in [0.4, 0.5) is 0 Å². The molecule has 0 radical (unpaired) electrons. The number of nitrogens with zero attached hydrogens (tertiary/aromatic N) is 1. The maximum absolute atomic E-state index is 12.5. The fourth-order valence-corrected chi connectivity index (χ4v) is 4.03. The van der Waals surface area contributed by atoms with Crippen LogP contribution >= 0.6 is 0 Å². The number of amides is 2. The lowest BCUT2D eigenvalue weighted by Crippen LogP contribution is -2.35. The van der Waals surface area contributed by atoms with Crippen LogP contribution in [-0.4, -0.2) is 36.3 Å². The fraction of sp³-hybridized carbons (Fsp3) is 0.600. The molecule has 25 heavy (non-hydrogen) atoms. The molecule has 1 aliphatic heterocycles. The highest BCUT2D eigenvalue weighted by Gasteiger charge is 2.31. The lowest BCUT2D eigenvalue weighted by Gasteiger charge is -2.26. The molecule has 2 aliphatic rings. The number of nitrogens with two attached hydrogens (primary N) is 1. The number of likely N-dealkylation sites (tertiary alicyclic amines) is 1. The first-order chi connectivity index (χ1) is 12.2. The molecule has 2 amide bonds. The standard InChI is InChI=1S/C20H29N3O2/c21-13-17-5-4-6-18(17)19(24)22-14-15-7-9-16(10-8-15)20(25)23-11-2-1-3-12-23/h7-10,17-18H,1-6,11-14,21H2,(H,22,24)/t17-,18-/m1/s1. The molecule has 2 atom stereocenters. The summed E-state index contributed by atoms with van der Waals surface area (Å²) in [5.41, 5.74) is 7.51. The minimum atomic E-state index is 0.0601. The van der Waals surface area contributed by atoms with Gasteiger partial charge < -0.3 is 16.0 Å². The van der Waals surface area contributed by atoms with Crippen molar-refractivity contribution in [2.75, 3.05) is 19.6 Å². The van der Waals surface area contributed by atoms with E-state index in [9.17, 15) is 9.59 Å². The highest BCUT2D eigenvalue weighted by atomic mass is 16.2. The number of carbonyl (C=O) groups excluding carboxylic acids is 2. The van der Waals surface area contributed by atoms with Gasteiger partial charge in [0.1, 0.15) is 0 Å². The molecule has 0 aromatic heterocycles. The first-order valence-corrected chi connectivity index (χ1v) is 9.55. The maximum atomic E-state index is 12.5. The maximum Gasteiger partial charge on any atom is 0.253 e. The van der Waals surface area contributed by atoms with Crippen molar-refractivity contribution >= 4 is 11.8 Å². The summed E-state index contributed by atoms with van der Waals surface area (Å²) in [7, 11) is 0. The van der Waals surface area contributed by atoms with Crippen LogP contribution in [0, 0.1) is 11.8 Å². The third-order valence-electron chi connectivity index (χ3n) is 5.61. The third kappa shape index (κ3) is 4.40. The van der Waals surface area contributed by atoms with E-state index in [1.54, 1.807) is 0 Å². The summed E-state index contributed by atoms with van der Waals surface area (Å²) in [5.74, 6) is 0.614. The summed E-state index contributed by atoms with van der Waals surface area (Å²) in [5, 5.41) is 3.03. The topological polar surface area (TPSA) is 75.4 Å². The summed E-state index contributed by atoms with van der Waals surface area (Å²) >= 11 is 0. The molecule has 0 unspecified atom stereocenters. The van der Waals surface area contributed by atoms with Gasteiger partial charge >= 0.3 is 0 Å². The molecule has 0 spiro atoms. The molecule has 1 saturated heterocycles. The van der Waals surface area contributed by atoms with Crippen LogP contribution in [0.5, 0.6) is 0 Å². The molecule has 2 fully saturated rings. The lowest BCUT2D eigenvalue weighted by molar-refractivity contribution is -0.126. The number of piperidine rings is 1. The Balaban J connectivity index is 1.52. The quantitative estimate of drug-likeness (QED) is 0.861. The van der Waals surface area contributed by atoms with E-state index in [0.29, 0.717) is 19.0 Å². The summed E-state index contributed by atoms with van der Waals surface area (Å²) in [4.78, 5) is 26.7. The largest absolute Gasteiger partial charge is 0.352 e. The van der Waals surface area contributed by atoms with Crippen LogP contribution in [0.25, 0.3) is 0 Å². The molecule has 3 N–H and O–H groups in total. The minimum absolute atomic E-state index is 0.0601. The van der Waals surface area contributed by atoms with Gasteiger partial charge in [0.25, 0.3) is 5.91 Å². The summed E-state index contributed by atoms with van der Waals surface area (Å²) in [6.45, 7) is 2.82. The van der Waals surface area contributed by atoms with E-state index in [1.165, 1.54) is 6.42 Å². The second-order valence-electron chi connectivity index (χ2n) is 7.30. The van der Waals surface area contributed by atoms with E-state index in [-0.39, 0.29) is 17.7 Å². The smallest absolute Gasteiger partial charge is 0.253 e. The molecule has 1 heterocycles. The average molecular weight is 343 g/mol. The number of rotatable bonds is 5. The molecule has 1 aromatic rings. The van der Waals surface area contributed by atoms with Gasteiger partial charge in [-0.1, -0.05) is 18.6 Å². The predicted octanol–water partition coefficient (Wildman–Crippen LogP) is 2.30. The van der Waals surface area contributed by atoms with E-state index in [1.807, 2.05) is 29.2 Å². The van der Waals surface area contributed by atoms with Gasteiger partial charge in [-0.05, 0) is 62.3 Å². The number of carbonyl (C=O) groups is 2. The van der Waals surface area contributed by atoms with E-state index >= 15 is 0 Å². The van der Waals surface area contributed by atoms with Crippen LogP contribution in [0.15, 0.2) is 24.3 Å². The monoisotopic (exact) mass is 343 g/mol. The van der Waals surface area contributed by atoms with Crippen molar-refractivity contribution < 1.29 is 9.59 Å². The summed E-state index contributed by atoms with van der Waals surface area (Å²) < 4.78 is 0. The van der Waals surface area contributed by atoms with Crippen LogP contribution in [0.3, 0.4) is 0 Å². The van der Waals surface area contributed by atoms with Crippen molar-refractivity contribution in [2.24, 2.45) is 17.6 Å². The van der Waals surface area contributed by atoms with Gasteiger partial charge in [0.05, 0.1) is 0 Å². The van der Waals surface area contributed by atoms with E-state index in [2.05, 4.69) is 5.32 Å². The van der Waals surface area contributed by atoms with E-state index in [4.69, 9.17) is 5.73 Å². The Morgan fingerprint density at radius 2 is 1.76 bits per heavy atom. The zero-order valence-electron chi connectivity index (χ0n) is 14.9. The number of benzene rings is 1. The van der Waals surface area contributed by atoms with Crippen molar-refractivity contribution in [3.8, 4) is 0 Å². The van der Waals surface area contributed by atoms with Gasteiger partial charge in [-0.3, -0.25) is 9.59 Å². The Morgan fingerprint density at radius 3 is 2.44 bits per heavy atom. The summed E-state index contributed by atoms with van der Waals surface area (Å²) in [6, 6.07) is 7.62. The van der Waals surface area contributed by atoms with E-state index in [0.717, 1.165) is 56.3 Å². The van der Waals surface area contributed by atoms with E-state index < -0.39 is 0 Å². The SMILES string of the molecule is NC[C@H]1CCC[C@H]1C(=O)NCc1ccc(C(=O)N2CCCCC2)cc1. The van der Waals surface area contributed by atoms with Crippen molar-refractivity contribution in [3.63, 3.8) is 0 Å². The highest BCUT2D eigenvalue weighted by Crippen LogP contribution is 2.31. The average Bonchev–Trinajstić information content (AvgIpc) is 3.15. The normalized spacial score (nSPS) is 23.5. The Morgan fingerprint density at radius 1 is 1.04 bits per heavy atom. The fourth-order valence-electron chi connectivity index (χ4n) is 4.03. The Labute approximate surface area is 150 Å². The van der Waals surface area contributed by atoms with Gasteiger partial charge in [-0.15, -0.1) is 0 Å². The molecule has 1 aliphatic carbocycles. The summed E-state index contributed by atoms with van der Waals surface area (Å²) in [6.07, 6.45) is 6.50. The molecular formula is C20H29N3O2. The van der Waals surface area contributed by atoms with Gasteiger partial charge in [0.15, 0.2) is 0 Å². The Bertz CT molecular complexity index is 593. The predicted molar refractivity (Wildman–Crippen MR) is 97.9 cm³/mol. The zero-order chi connectivity index (χ0) is 17.6. The molecule has 1 aromatic carbocycles. The van der Waals surface area contributed by atoms with Crippen LogP contribution in [0.2, 0.25) is 0 Å². The van der Waals surface area contributed by atoms with Gasteiger partial charge in [-0.25, -0.2) is 0 Å². The first kappa shape index (κ1) is 17.9. The molecule has 0 bridgehead atoms. The zero-order valence-corrected chi connectivity index (χ0v) is 14.9. The Hall–Kier alpha value is -1.88. The molecule has 1 saturated carbocycles. The van der Waals surface area contributed by atoms with Gasteiger partial charge in [0.2, 0.25) is 5.91 Å². The van der Waals surface area contributed by atoms with Crippen molar-refractivity contribution in [3.05, 3.63) is 35.4 Å². The minimum Gasteiger partial charge on any atom is -0.352 e. The van der Waals surface area contributed by atoms with Crippen molar-refractivity contribution in [1.29, 1.82) is 0 Å². The number of hydrogen-bond donors (Lipinski definition) is 2. The van der Waals surface area contributed by atoms with Gasteiger partial charge in [-0.2, -0.15) is 0 Å². The lowest BCUT2D eigenvalue weighted by atomic mass is 9.95. The molecular weight excluding hydrogens is 314 g/mol. The first-order valence-electron chi connectivity index (χ1n) is 9.55. The van der Waals surface area contributed by atoms with Crippen molar-refractivity contribution in [1.82, 2.24) is 10.2 Å². The van der Waals surface area contributed by atoms with Crippen LogP contribution in [-0.2, 0) is 11.3 Å². The van der Waals surface area contributed by atoms with Crippen molar-refractivity contribution in [2.45, 2.75) is 45.1 Å². The molecule has 3 rings (SSSR count). The van der Waals surface area contributed by atoms with Crippen LogP contribution in [0.1, 0.15) is 54.4 Å². The Kier molecular flexibility index (Phi) is 6.08. The number of hydrogen-bond acceptors (Lipinski definition) is 3. The molecule has 5 nitrogen and oxygen atoms in total. The number of nitrogens with one attached hydrogen (secondary N) is 1. The highest BCUT2D eigenvalue weighted by molar-refractivity contribution is 5.94. The van der Waals surface area contributed by atoms with Crippen LogP contribution < -0.4 is 11.1 Å². The van der Waals surface area contributed by atoms with Gasteiger partial charge in [0, 0.05) is 31.1 Å². The molecule has 5 heteroatoms. The molecule has 136 valence electrons. The second kappa shape index (κ2) is 8.48.